The maximum Gasteiger partial charge on any atom is 0.411 e. The number of hydrogen-bond acceptors (Lipinski definition) is 4. The lowest BCUT2D eigenvalue weighted by atomic mass is 9.91. The van der Waals surface area contributed by atoms with Crippen molar-refractivity contribution in [3.05, 3.63) is 35.9 Å². The highest BCUT2D eigenvalue weighted by molar-refractivity contribution is 6.78. The highest BCUT2D eigenvalue weighted by Crippen LogP contribution is 2.46. The van der Waals surface area contributed by atoms with Crippen LogP contribution < -0.4 is 0 Å². The van der Waals surface area contributed by atoms with Gasteiger partial charge in [0.1, 0.15) is 12.6 Å². The fourth-order valence-corrected chi connectivity index (χ4v) is 14.1. The first-order chi connectivity index (χ1) is 15.7. The van der Waals surface area contributed by atoms with Crippen LogP contribution in [0.5, 0.6) is 0 Å². The average molecular weight is 505 g/mol. The molecule has 1 aromatic rings. The Balaban J connectivity index is 2.01. The SMILES string of the molecule is CC(C)[Si](O[C@@H](C)[C@@H]1[C@@H](N2C(=O)OC[C@H]2c2ccccc2)C(=O)N1[Si](C)(C)C)(C(C)C)C(C)C. The molecular weight excluding hydrogens is 460 g/mol. The Labute approximate surface area is 208 Å². The summed E-state index contributed by atoms with van der Waals surface area (Å²) in [6.45, 7) is 22.6. The van der Waals surface area contributed by atoms with E-state index in [1.165, 1.54) is 0 Å². The van der Waals surface area contributed by atoms with Crippen LogP contribution in [0.1, 0.15) is 60.1 Å². The molecule has 2 aliphatic heterocycles. The third kappa shape index (κ3) is 4.49. The largest absolute Gasteiger partial charge is 0.447 e. The first-order valence-electron chi connectivity index (χ1n) is 12.8. The van der Waals surface area contributed by atoms with Crippen LogP contribution in [-0.4, -0.2) is 62.8 Å². The zero-order chi connectivity index (χ0) is 25.6. The molecule has 6 nitrogen and oxygen atoms in total. The van der Waals surface area contributed by atoms with Crippen molar-refractivity contribution < 1.29 is 18.8 Å². The number of ether oxygens (including phenoxy) is 1. The molecule has 190 valence electrons. The van der Waals surface area contributed by atoms with E-state index in [4.69, 9.17) is 9.16 Å². The number of benzene rings is 1. The van der Waals surface area contributed by atoms with Gasteiger partial charge in [0.25, 0.3) is 0 Å². The van der Waals surface area contributed by atoms with Gasteiger partial charge >= 0.3 is 6.09 Å². The van der Waals surface area contributed by atoms with E-state index >= 15 is 0 Å². The highest BCUT2D eigenvalue weighted by Gasteiger charge is 2.61. The van der Waals surface area contributed by atoms with E-state index in [-0.39, 0.29) is 30.7 Å². The van der Waals surface area contributed by atoms with Gasteiger partial charge in [-0.1, -0.05) is 91.5 Å². The number of rotatable bonds is 9. The fourth-order valence-electron chi connectivity index (χ4n) is 6.49. The maximum absolute atomic E-state index is 13.7. The minimum atomic E-state index is -2.17. The number of amides is 2. The van der Waals surface area contributed by atoms with Gasteiger partial charge in [-0.25, -0.2) is 4.79 Å². The molecule has 0 N–H and O–H groups in total. The number of nitrogens with zero attached hydrogens (tertiary/aromatic N) is 2. The lowest BCUT2D eigenvalue weighted by Crippen LogP contribution is -2.79. The fraction of sp³-hybridized carbons (Fsp3) is 0.692. The van der Waals surface area contributed by atoms with E-state index < -0.39 is 28.7 Å². The van der Waals surface area contributed by atoms with Crippen molar-refractivity contribution in [3.63, 3.8) is 0 Å². The quantitative estimate of drug-likeness (QED) is 0.298. The van der Waals surface area contributed by atoms with E-state index in [0.717, 1.165) is 5.56 Å². The van der Waals surface area contributed by atoms with Gasteiger partial charge in [0.15, 0.2) is 8.24 Å². The van der Waals surface area contributed by atoms with Crippen LogP contribution >= 0.6 is 0 Å². The number of β-lactam (4-membered cyclic amide) rings is 1. The Morgan fingerprint density at radius 1 is 0.912 bits per heavy atom. The summed E-state index contributed by atoms with van der Waals surface area (Å²) in [6.07, 6.45) is -0.571. The Kier molecular flexibility index (Phi) is 7.75. The van der Waals surface area contributed by atoms with E-state index in [0.29, 0.717) is 16.6 Å². The van der Waals surface area contributed by atoms with Crippen molar-refractivity contribution >= 4 is 28.6 Å². The number of cyclic esters (lactones) is 1. The summed E-state index contributed by atoms with van der Waals surface area (Å²) in [5.74, 6) is 0.0327. The zero-order valence-corrected chi connectivity index (χ0v) is 24.7. The molecule has 2 fully saturated rings. The first kappa shape index (κ1) is 26.9. The summed E-state index contributed by atoms with van der Waals surface area (Å²) < 4.78 is 14.7. The lowest BCUT2D eigenvalue weighted by Gasteiger charge is -2.59. The molecule has 4 atom stereocenters. The van der Waals surface area contributed by atoms with Crippen molar-refractivity contribution in [2.45, 2.75) is 109 Å². The molecule has 1 aromatic carbocycles. The van der Waals surface area contributed by atoms with Gasteiger partial charge in [0.05, 0.1) is 18.2 Å². The van der Waals surface area contributed by atoms with Crippen LogP contribution in [0.25, 0.3) is 0 Å². The molecule has 0 spiro atoms. The highest BCUT2D eigenvalue weighted by atomic mass is 28.4. The van der Waals surface area contributed by atoms with E-state index in [9.17, 15) is 9.59 Å². The Morgan fingerprint density at radius 2 is 1.44 bits per heavy atom. The summed E-state index contributed by atoms with van der Waals surface area (Å²) in [4.78, 5) is 28.3. The molecule has 3 rings (SSSR count). The standard InChI is InChI=1S/C26H44N2O4Si2/c1-17(2)34(18(3)4,19(5)6)32-20(7)23-24(25(29)28(23)33(8,9)10)27-22(16-31-26(27)30)21-14-12-11-13-15-21/h11-15,17-20,22-24H,16H2,1-10H3/t20-,22-,23+,24+/m0/s1. The second-order valence-electron chi connectivity index (χ2n) is 11.9. The smallest absolute Gasteiger partial charge is 0.411 e. The summed E-state index contributed by atoms with van der Waals surface area (Å²) >= 11 is 0. The minimum Gasteiger partial charge on any atom is -0.447 e. The Hall–Kier alpha value is -1.65. The molecule has 2 heterocycles. The summed E-state index contributed by atoms with van der Waals surface area (Å²) in [6, 6.07) is 8.90. The molecule has 2 amide bonds. The number of carbonyl (C=O) groups excluding carboxylic acids is 2. The van der Waals surface area contributed by atoms with Gasteiger partial charge in [-0.3, -0.25) is 9.69 Å². The van der Waals surface area contributed by atoms with Crippen LogP contribution in [0.2, 0.25) is 36.3 Å². The predicted octanol–water partition coefficient (Wildman–Crippen LogP) is 6.17. The molecule has 0 unspecified atom stereocenters. The monoisotopic (exact) mass is 504 g/mol. The molecular formula is C26H44N2O4Si2. The maximum atomic E-state index is 13.7. The molecule has 0 bridgehead atoms. The average Bonchev–Trinajstić information content (AvgIpc) is 3.09. The number of carbonyl (C=O) groups is 2. The normalized spacial score (nSPS) is 24.8. The van der Waals surface area contributed by atoms with Crippen LogP contribution in [0.4, 0.5) is 4.79 Å². The van der Waals surface area contributed by atoms with Crippen molar-refractivity contribution in [2.75, 3.05) is 6.61 Å². The third-order valence-electron chi connectivity index (χ3n) is 7.81. The van der Waals surface area contributed by atoms with Crippen molar-refractivity contribution in [2.24, 2.45) is 0 Å². The summed E-state index contributed by atoms with van der Waals surface area (Å²) in [5, 5.41) is 0. The molecule has 8 heteroatoms. The molecule has 2 aliphatic rings. The lowest BCUT2D eigenvalue weighted by molar-refractivity contribution is -0.155. The number of hydrogen-bond donors (Lipinski definition) is 0. The second-order valence-corrected chi connectivity index (χ2v) is 22.1. The van der Waals surface area contributed by atoms with Crippen molar-refractivity contribution in [1.29, 1.82) is 0 Å². The van der Waals surface area contributed by atoms with Crippen molar-refractivity contribution in [3.8, 4) is 0 Å². The topological polar surface area (TPSA) is 59.1 Å². The van der Waals surface area contributed by atoms with E-state index in [1.807, 2.05) is 30.3 Å². The summed E-state index contributed by atoms with van der Waals surface area (Å²) in [7, 11) is -4.17. The van der Waals surface area contributed by atoms with Crippen LogP contribution in [0.15, 0.2) is 30.3 Å². The third-order valence-corrected chi connectivity index (χ3v) is 16.0. The Bertz CT molecular complexity index is 863. The molecule has 0 aliphatic carbocycles. The molecule has 34 heavy (non-hydrogen) atoms. The van der Waals surface area contributed by atoms with E-state index in [1.54, 1.807) is 4.90 Å². The first-order valence-corrected chi connectivity index (χ1v) is 18.3. The van der Waals surface area contributed by atoms with Gasteiger partial charge in [0.2, 0.25) is 14.2 Å². The van der Waals surface area contributed by atoms with Gasteiger partial charge in [-0.2, -0.15) is 0 Å². The molecule has 0 radical (unpaired) electrons. The molecule has 0 aromatic heterocycles. The van der Waals surface area contributed by atoms with Crippen molar-refractivity contribution in [1.82, 2.24) is 9.47 Å². The van der Waals surface area contributed by atoms with Crippen LogP contribution in [0.3, 0.4) is 0 Å². The van der Waals surface area contributed by atoms with Gasteiger partial charge in [0, 0.05) is 0 Å². The summed E-state index contributed by atoms with van der Waals surface area (Å²) in [5.41, 5.74) is 2.32. The van der Waals surface area contributed by atoms with E-state index in [2.05, 4.69) is 72.7 Å². The minimum absolute atomic E-state index is 0.0327. The second kappa shape index (κ2) is 9.78. The predicted molar refractivity (Wildman–Crippen MR) is 142 cm³/mol. The Morgan fingerprint density at radius 3 is 1.91 bits per heavy atom. The van der Waals surface area contributed by atoms with Gasteiger partial charge in [-0.05, 0) is 29.1 Å². The van der Waals surface area contributed by atoms with Gasteiger partial charge in [-0.15, -0.1) is 0 Å². The molecule has 2 saturated heterocycles. The molecule has 0 saturated carbocycles. The zero-order valence-electron chi connectivity index (χ0n) is 22.7. The van der Waals surface area contributed by atoms with Crippen LogP contribution in [-0.2, 0) is 14.0 Å². The van der Waals surface area contributed by atoms with Crippen LogP contribution in [0, 0.1) is 0 Å². The van der Waals surface area contributed by atoms with Gasteiger partial charge < -0.3 is 13.7 Å².